The first-order chi connectivity index (χ1) is 11.8. The molecule has 0 N–H and O–H groups in total. The number of nitrogens with zero attached hydrogens (tertiary/aromatic N) is 3. The maximum Gasteiger partial charge on any atom is 0.248 e. The van der Waals surface area contributed by atoms with Crippen molar-refractivity contribution in [3.05, 3.63) is 24.3 Å². The van der Waals surface area contributed by atoms with E-state index >= 15 is 0 Å². The van der Waals surface area contributed by atoms with Gasteiger partial charge in [-0.1, -0.05) is 88.5 Å². The van der Waals surface area contributed by atoms with Crippen molar-refractivity contribution < 1.29 is 4.79 Å². The quantitative estimate of drug-likeness (QED) is 0.464. The van der Waals surface area contributed by atoms with Gasteiger partial charge in [0.2, 0.25) is 5.91 Å². The highest BCUT2D eigenvalue weighted by Gasteiger charge is 2.10. The Morgan fingerprint density at radius 1 is 0.875 bits per heavy atom. The predicted molar refractivity (Wildman–Crippen MR) is 99.2 cm³/mol. The summed E-state index contributed by atoms with van der Waals surface area (Å²) in [4.78, 5) is 12.2. The van der Waals surface area contributed by atoms with Crippen LogP contribution in [0.3, 0.4) is 0 Å². The summed E-state index contributed by atoms with van der Waals surface area (Å²) in [6, 6.07) is 7.61. The molecule has 0 saturated carbocycles. The SMILES string of the molecule is CCCCCCCCCCCCCC(=O)n1nnc2ccccc21. The van der Waals surface area contributed by atoms with Crippen molar-refractivity contribution in [3.8, 4) is 0 Å². The van der Waals surface area contributed by atoms with Crippen LogP contribution in [0.1, 0.15) is 88.8 Å². The van der Waals surface area contributed by atoms with E-state index in [4.69, 9.17) is 0 Å². The summed E-state index contributed by atoms with van der Waals surface area (Å²) in [5.74, 6) is 0.0552. The summed E-state index contributed by atoms with van der Waals surface area (Å²) in [6.07, 6.45) is 14.8. The number of rotatable bonds is 12. The highest BCUT2D eigenvalue weighted by molar-refractivity contribution is 5.88. The Hall–Kier alpha value is -1.71. The molecule has 0 unspecified atom stereocenters. The third-order valence-electron chi connectivity index (χ3n) is 4.58. The van der Waals surface area contributed by atoms with E-state index in [1.807, 2.05) is 24.3 Å². The zero-order valence-electron chi connectivity index (χ0n) is 15.0. The number of carbonyl (C=O) groups excluding carboxylic acids is 1. The van der Waals surface area contributed by atoms with E-state index in [9.17, 15) is 4.79 Å². The number of hydrogen-bond donors (Lipinski definition) is 0. The first-order valence-electron chi connectivity index (χ1n) is 9.66. The first kappa shape index (κ1) is 18.6. The molecule has 0 spiro atoms. The lowest BCUT2D eigenvalue weighted by molar-refractivity contribution is 0.0886. The Kier molecular flexibility index (Phi) is 8.50. The van der Waals surface area contributed by atoms with Gasteiger partial charge in [-0.05, 0) is 18.6 Å². The normalized spacial score (nSPS) is 11.2. The zero-order chi connectivity index (χ0) is 17.0. The van der Waals surface area contributed by atoms with E-state index in [1.54, 1.807) is 0 Å². The van der Waals surface area contributed by atoms with E-state index in [-0.39, 0.29) is 5.91 Å². The number of para-hydroxylation sites is 1. The maximum absolute atomic E-state index is 12.2. The first-order valence-corrected chi connectivity index (χ1v) is 9.66. The fourth-order valence-electron chi connectivity index (χ4n) is 3.10. The molecule has 0 amide bonds. The average Bonchev–Trinajstić information content (AvgIpc) is 3.03. The molecule has 0 saturated heterocycles. The molecule has 0 aliphatic carbocycles. The summed E-state index contributed by atoms with van der Waals surface area (Å²) < 4.78 is 1.45. The van der Waals surface area contributed by atoms with Gasteiger partial charge in [0.25, 0.3) is 0 Å². The number of carbonyl (C=O) groups is 1. The van der Waals surface area contributed by atoms with Crippen LogP contribution in [0.15, 0.2) is 24.3 Å². The van der Waals surface area contributed by atoms with Gasteiger partial charge < -0.3 is 0 Å². The lowest BCUT2D eigenvalue weighted by Gasteiger charge is -2.03. The van der Waals surface area contributed by atoms with Gasteiger partial charge in [-0.3, -0.25) is 4.79 Å². The molecule has 1 aromatic carbocycles. The Morgan fingerprint density at radius 2 is 1.46 bits per heavy atom. The van der Waals surface area contributed by atoms with Gasteiger partial charge in [-0.2, -0.15) is 4.68 Å². The van der Waals surface area contributed by atoms with Crippen LogP contribution in [0.5, 0.6) is 0 Å². The summed E-state index contributed by atoms with van der Waals surface area (Å²) >= 11 is 0. The average molecular weight is 329 g/mol. The molecule has 0 bridgehead atoms. The fraction of sp³-hybridized carbons (Fsp3) is 0.650. The predicted octanol–water partition coefficient (Wildman–Crippen LogP) is 5.77. The number of fused-ring (bicyclic) bond motifs is 1. The minimum Gasteiger partial charge on any atom is -0.273 e. The van der Waals surface area contributed by atoms with Crippen LogP contribution in [-0.2, 0) is 0 Å². The molecule has 1 heterocycles. The monoisotopic (exact) mass is 329 g/mol. The van der Waals surface area contributed by atoms with Gasteiger partial charge in [0, 0.05) is 6.42 Å². The lowest BCUT2D eigenvalue weighted by atomic mass is 10.1. The molecule has 4 heteroatoms. The van der Waals surface area contributed by atoms with E-state index in [0.717, 1.165) is 23.9 Å². The Balaban J connectivity index is 1.52. The van der Waals surface area contributed by atoms with Crippen LogP contribution >= 0.6 is 0 Å². The van der Waals surface area contributed by atoms with Crippen molar-refractivity contribution in [2.45, 2.75) is 84.0 Å². The third kappa shape index (κ3) is 6.06. The van der Waals surface area contributed by atoms with Crippen LogP contribution in [0.4, 0.5) is 0 Å². The number of hydrogen-bond acceptors (Lipinski definition) is 3. The summed E-state index contributed by atoms with van der Waals surface area (Å²) in [5, 5.41) is 8.02. The smallest absolute Gasteiger partial charge is 0.248 e. The van der Waals surface area contributed by atoms with Crippen molar-refractivity contribution in [3.63, 3.8) is 0 Å². The highest BCUT2D eigenvalue weighted by Crippen LogP contribution is 2.14. The van der Waals surface area contributed by atoms with Crippen molar-refractivity contribution in [1.29, 1.82) is 0 Å². The number of benzene rings is 1. The standard InChI is InChI=1S/C20H31N3O/c1-2-3-4-5-6-7-8-9-10-11-12-17-20(24)23-19-16-14-13-15-18(19)21-22-23/h13-16H,2-12,17H2,1H3. The van der Waals surface area contributed by atoms with Gasteiger partial charge in [0.1, 0.15) is 5.52 Å². The molecule has 0 aliphatic heterocycles. The Labute approximate surface area is 145 Å². The molecule has 2 aromatic rings. The largest absolute Gasteiger partial charge is 0.273 e. The van der Waals surface area contributed by atoms with E-state index in [0.29, 0.717) is 6.42 Å². The lowest BCUT2D eigenvalue weighted by Crippen LogP contribution is -2.12. The van der Waals surface area contributed by atoms with Crippen LogP contribution < -0.4 is 0 Å². The van der Waals surface area contributed by atoms with E-state index in [1.165, 1.54) is 62.5 Å². The van der Waals surface area contributed by atoms with E-state index < -0.39 is 0 Å². The summed E-state index contributed by atoms with van der Waals surface area (Å²) in [5.41, 5.74) is 1.59. The molecule has 4 nitrogen and oxygen atoms in total. The zero-order valence-corrected chi connectivity index (χ0v) is 15.0. The van der Waals surface area contributed by atoms with Crippen molar-refractivity contribution >= 4 is 16.9 Å². The Bertz CT molecular complexity index is 606. The van der Waals surface area contributed by atoms with Gasteiger partial charge in [0.05, 0.1) is 5.52 Å². The second-order valence-corrected chi connectivity index (χ2v) is 6.67. The van der Waals surface area contributed by atoms with Crippen LogP contribution in [0.25, 0.3) is 11.0 Å². The van der Waals surface area contributed by atoms with Gasteiger partial charge in [-0.25, -0.2) is 0 Å². The number of aromatic nitrogens is 3. The topological polar surface area (TPSA) is 47.8 Å². The third-order valence-corrected chi connectivity index (χ3v) is 4.58. The molecule has 132 valence electrons. The molecular weight excluding hydrogens is 298 g/mol. The highest BCUT2D eigenvalue weighted by atomic mass is 16.2. The van der Waals surface area contributed by atoms with Gasteiger partial charge >= 0.3 is 0 Å². The van der Waals surface area contributed by atoms with Gasteiger partial charge in [-0.15, -0.1) is 5.10 Å². The minimum absolute atomic E-state index is 0.0552. The molecule has 0 fully saturated rings. The number of unbranched alkanes of at least 4 members (excludes halogenated alkanes) is 10. The molecule has 0 atom stereocenters. The molecule has 1 aromatic heterocycles. The van der Waals surface area contributed by atoms with Crippen molar-refractivity contribution in [2.75, 3.05) is 0 Å². The van der Waals surface area contributed by atoms with Crippen molar-refractivity contribution in [1.82, 2.24) is 15.0 Å². The molecule has 24 heavy (non-hydrogen) atoms. The van der Waals surface area contributed by atoms with Crippen LogP contribution in [0.2, 0.25) is 0 Å². The van der Waals surface area contributed by atoms with E-state index in [2.05, 4.69) is 17.2 Å². The molecular formula is C20H31N3O. The molecule has 0 radical (unpaired) electrons. The molecule has 0 aliphatic rings. The van der Waals surface area contributed by atoms with Crippen LogP contribution in [0, 0.1) is 0 Å². The fourth-order valence-corrected chi connectivity index (χ4v) is 3.10. The summed E-state index contributed by atoms with van der Waals surface area (Å²) in [6.45, 7) is 2.26. The Morgan fingerprint density at radius 3 is 2.12 bits per heavy atom. The second-order valence-electron chi connectivity index (χ2n) is 6.67. The maximum atomic E-state index is 12.2. The minimum atomic E-state index is 0.0552. The van der Waals surface area contributed by atoms with Crippen LogP contribution in [-0.4, -0.2) is 20.9 Å². The second kappa shape index (κ2) is 11.0. The van der Waals surface area contributed by atoms with Gasteiger partial charge in [0.15, 0.2) is 0 Å². The summed E-state index contributed by atoms with van der Waals surface area (Å²) in [7, 11) is 0. The molecule has 2 rings (SSSR count). The van der Waals surface area contributed by atoms with Crippen molar-refractivity contribution in [2.24, 2.45) is 0 Å².